The number of pyridine rings is 1. The molecule has 0 aliphatic carbocycles. The second-order valence-corrected chi connectivity index (χ2v) is 4.80. The summed E-state index contributed by atoms with van der Waals surface area (Å²) in [5.41, 5.74) is 8.15. The van der Waals surface area contributed by atoms with Crippen LogP contribution in [0.25, 0.3) is 10.9 Å². The second-order valence-electron chi connectivity index (χ2n) is 4.80. The number of benzene rings is 1. The van der Waals surface area contributed by atoms with Crippen molar-refractivity contribution in [2.24, 2.45) is 5.73 Å². The Morgan fingerprint density at radius 3 is 2.69 bits per heavy atom. The molecule has 1 aromatic heterocycles. The van der Waals surface area contributed by atoms with Gasteiger partial charge in [-0.1, -0.05) is 38.1 Å². The molecule has 1 aromatic carbocycles. The van der Waals surface area contributed by atoms with E-state index >= 15 is 0 Å². The van der Waals surface area contributed by atoms with Crippen LogP contribution in [-0.4, -0.2) is 11.5 Å². The molecule has 0 aliphatic heterocycles. The molecule has 0 bridgehead atoms. The van der Waals surface area contributed by atoms with Crippen molar-refractivity contribution < 1.29 is 0 Å². The molecule has 0 spiro atoms. The van der Waals surface area contributed by atoms with Crippen molar-refractivity contribution in [3.8, 4) is 0 Å². The van der Waals surface area contributed by atoms with E-state index in [-0.39, 0.29) is 5.41 Å². The number of para-hydroxylation sites is 1. The molecule has 0 fully saturated rings. The van der Waals surface area contributed by atoms with Gasteiger partial charge in [0.25, 0.3) is 0 Å². The van der Waals surface area contributed by atoms with Gasteiger partial charge < -0.3 is 5.73 Å². The minimum absolute atomic E-state index is 0.0859. The highest BCUT2D eigenvalue weighted by Gasteiger charge is 2.22. The minimum atomic E-state index is 0.0859. The van der Waals surface area contributed by atoms with Crippen molar-refractivity contribution in [1.29, 1.82) is 0 Å². The van der Waals surface area contributed by atoms with Crippen LogP contribution in [0.4, 0.5) is 0 Å². The summed E-state index contributed by atoms with van der Waals surface area (Å²) >= 11 is 0. The summed E-state index contributed by atoms with van der Waals surface area (Å²) in [4.78, 5) is 4.49. The molecule has 2 heteroatoms. The predicted molar refractivity (Wildman–Crippen MR) is 68.4 cm³/mol. The lowest BCUT2D eigenvalue weighted by Crippen LogP contribution is -2.22. The molecular formula is C14H18N2. The monoisotopic (exact) mass is 214 g/mol. The van der Waals surface area contributed by atoms with Crippen LogP contribution in [0.2, 0.25) is 0 Å². The van der Waals surface area contributed by atoms with E-state index in [1.165, 1.54) is 10.9 Å². The standard InChI is InChI=1S/C14H18N2/c1-14(2,8-9-15)12-7-3-5-11-6-4-10-16-13(11)12/h3-7,10H,8-9,15H2,1-2H3. The van der Waals surface area contributed by atoms with E-state index in [2.05, 4.69) is 43.1 Å². The first-order valence-electron chi connectivity index (χ1n) is 5.69. The lowest BCUT2D eigenvalue weighted by atomic mass is 9.80. The zero-order valence-electron chi connectivity index (χ0n) is 9.90. The zero-order valence-corrected chi connectivity index (χ0v) is 9.90. The third-order valence-electron chi connectivity index (χ3n) is 3.13. The van der Waals surface area contributed by atoms with Crippen LogP contribution in [0.5, 0.6) is 0 Å². The fraction of sp³-hybridized carbons (Fsp3) is 0.357. The van der Waals surface area contributed by atoms with Gasteiger partial charge >= 0.3 is 0 Å². The van der Waals surface area contributed by atoms with Crippen LogP contribution in [0.15, 0.2) is 36.5 Å². The molecule has 0 aliphatic rings. The van der Waals surface area contributed by atoms with E-state index in [1.54, 1.807) is 0 Å². The Kier molecular flexibility index (Phi) is 2.92. The smallest absolute Gasteiger partial charge is 0.0739 e. The summed E-state index contributed by atoms with van der Waals surface area (Å²) in [6.45, 7) is 5.16. The normalized spacial score (nSPS) is 11.9. The Hall–Kier alpha value is -1.41. The summed E-state index contributed by atoms with van der Waals surface area (Å²) in [5.74, 6) is 0. The van der Waals surface area contributed by atoms with Crippen LogP contribution < -0.4 is 5.73 Å². The number of hydrogen-bond acceptors (Lipinski definition) is 2. The lowest BCUT2D eigenvalue weighted by molar-refractivity contribution is 0.491. The maximum Gasteiger partial charge on any atom is 0.0739 e. The Labute approximate surface area is 96.5 Å². The second kappa shape index (κ2) is 4.22. The first-order valence-corrected chi connectivity index (χ1v) is 5.69. The number of nitrogens with two attached hydrogens (primary N) is 1. The molecule has 0 radical (unpaired) electrons. The van der Waals surface area contributed by atoms with Gasteiger partial charge in [0.15, 0.2) is 0 Å². The quantitative estimate of drug-likeness (QED) is 0.853. The number of rotatable bonds is 3. The highest BCUT2D eigenvalue weighted by atomic mass is 14.7. The third-order valence-corrected chi connectivity index (χ3v) is 3.13. The molecule has 16 heavy (non-hydrogen) atoms. The molecule has 0 saturated heterocycles. The molecule has 2 rings (SSSR count). The van der Waals surface area contributed by atoms with Crippen LogP contribution in [0, 0.1) is 0 Å². The van der Waals surface area contributed by atoms with E-state index in [9.17, 15) is 0 Å². The fourth-order valence-corrected chi connectivity index (χ4v) is 2.15. The van der Waals surface area contributed by atoms with E-state index in [0.717, 1.165) is 11.9 Å². The SMILES string of the molecule is CC(C)(CCN)c1cccc2cccnc12. The van der Waals surface area contributed by atoms with Crippen molar-refractivity contribution in [2.45, 2.75) is 25.7 Å². The summed E-state index contributed by atoms with van der Waals surface area (Å²) in [5, 5.41) is 1.20. The number of aromatic nitrogens is 1. The van der Waals surface area contributed by atoms with Gasteiger partial charge in [0.2, 0.25) is 0 Å². The average molecular weight is 214 g/mol. The van der Waals surface area contributed by atoms with Gasteiger partial charge in [-0.3, -0.25) is 4.98 Å². The maximum atomic E-state index is 5.68. The summed E-state index contributed by atoms with van der Waals surface area (Å²) in [7, 11) is 0. The zero-order chi connectivity index (χ0) is 11.6. The summed E-state index contributed by atoms with van der Waals surface area (Å²) < 4.78 is 0. The summed E-state index contributed by atoms with van der Waals surface area (Å²) in [6.07, 6.45) is 2.83. The first-order chi connectivity index (χ1) is 7.65. The van der Waals surface area contributed by atoms with Gasteiger partial charge in [0.1, 0.15) is 0 Å². The number of nitrogens with zero attached hydrogens (tertiary/aromatic N) is 1. The molecule has 2 nitrogen and oxygen atoms in total. The largest absolute Gasteiger partial charge is 0.330 e. The van der Waals surface area contributed by atoms with Crippen molar-refractivity contribution >= 4 is 10.9 Å². The van der Waals surface area contributed by atoms with E-state index in [1.807, 2.05) is 12.3 Å². The average Bonchev–Trinajstić information content (AvgIpc) is 2.28. The Bertz CT molecular complexity index is 484. The van der Waals surface area contributed by atoms with Crippen molar-refractivity contribution in [1.82, 2.24) is 4.98 Å². The summed E-state index contributed by atoms with van der Waals surface area (Å²) in [6, 6.07) is 10.4. The predicted octanol–water partition coefficient (Wildman–Crippen LogP) is 2.86. The molecule has 0 atom stereocenters. The highest BCUT2D eigenvalue weighted by molar-refractivity contribution is 5.82. The van der Waals surface area contributed by atoms with Gasteiger partial charge in [-0.15, -0.1) is 0 Å². The van der Waals surface area contributed by atoms with E-state index in [0.29, 0.717) is 6.54 Å². The maximum absolute atomic E-state index is 5.68. The molecule has 2 N–H and O–H groups in total. The molecule has 0 unspecified atom stereocenters. The highest BCUT2D eigenvalue weighted by Crippen LogP contribution is 2.31. The fourth-order valence-electron chi connectivity index (χ4n) is 2.15. The molecule has 84 valence electrons. The Morgan fingerprint density at radius 1 is 1.19 bits per heavy atom. The van der Waals surface area contributed by atoms with E-state index < -0.39 is 0 Å². The van der Waals surface area contributed by atoms with Crippen molar-refractivity contribution in [3.63, 3.8) is 0 Å². The molecule has 0 saturated carbocycles. The topological polar surface area (TPSA) is 38.9 Å². The third kappa shape index (κ3) is 1.93. The van der Waals surface area contributed by atoms with E-state index in [4.69, 9.17) is 5.73 Å². The Balaban J connectivity index is 2.60. The van der Waals surface area contributed by atoms with Crippen molar-refractivity contribution in [2.75, 3.05) is 6.54 Å². The van der Waals surface area contributed by atoms with Gasteiger partial charge in [-0.25, -0.2) is 0 Å². The van der Waals surface area contributed by atoms with Gasteiger partial charge in [0, 0.05) is 11.6 Å². The van der Waals surface area contributed by atoms with Gasteiger partial charge in [0.05, 0.1) is 5.52 Å². The Morgan fingerprint density at radius 2 is 1.94 bits per heavy atom. The van der Waals surface area contributed by atoms with Gasteiger partial charge in [-0.05, 0) is 30.0 Å². The van der Waals surface area contributed by atoms with Crippen LogP contribution in [0.3, 0.4) is 0 Å². The molecule has 2 aromatic rings. The molecule has 1 heterocycles. The lowest BCUT2D eigenvalue weighted by Gasteiger charge is -2.25. The van der Waals surface area contributed by atoms with Crippen LogP contribution in [-0.2, 0) is 5.41 Å². The van der Waals surface area contributed by atoms with Gasteiger partial charge in [-0.2, -0.15) is 0 Å². The number of hydrogen-bond donors (Lipinski definition) is 1. The first kappa shape index (κ1) is 11.1. The molecule has 0 amide bonds. The van der Waals surface area contributed by atoms with Crippen molar-refractivity contribution in [3.05, 3.63) is 42.1 Å². The van der Waals surface area contributed by atoms with Crippen LogP contribution >= 0.6 is 0 Å². The molecular weight excluding hydrogens is 196 g/mol. The number of fused-ring (bicyclic) bond motifs is 1. The minimum Gasteiger partial charge on any atom is -0.330 e. The van der Waals surface area contributed by atoms with Crippen LogP contribution in [0.1, 0.15) is 25.8 Å².